The molecule has 1 aliphatic heterocycles. The third kappa shape index (κ3) is 4.76. The average Bonchev–Trinajstić information content (AvgIpc) is 2.74. The van der Waals surface area contributed by atoms with Crippen LogP contribution in [0.25, 0.3) is 11.0 Å². The zero-order valence-electron chi connectivity index (χ0n) is 16.4. The number of morpholine rings is 1. The Morgan fingerprint density at radius 3 is 2.61 bits per heavy atom. The van der Waals surface area contributed by atoms with Crippen LogP contribution in [0, 0.1) is 11.3 Å². The number of nitrogens with one attached hydrogen (secondary N) is 1. The van der Waals surface area contributed by atoms with Gasteiger partial charge in [0.2, 0.25) is 5.91 Å². The summed E-state index contributed by atoms with van der Waals surface area (Å²) in [5.74, 6) is -0.686. The van der Waals surface area contributed by atoms with E-state index in [0.717, 1.165) is 31.2 Å². The number of benzene rings is 1. The summed E-state index contributed by atoms with van der Waals surface area (Å²) < 4.78 is 5.43. The van der Waals surface area contributed by atoms with E-state index in [1.54, 1.807) is 0 Å². The van der Waals surface area contributed by atoms with Crippen molar-refractivity contribution in [3.63, 3.8) is 0 Å². The second-order valence-electron chi connectivity index (χ2n) is 6.93. The van der Waals surface area contributed by atoms with Crippen molar-refractivity contribution in [2.24, 2.45) is 0 Å². The van der Waals surface area contributed by atoms with Crippen molar-refractivity contribution in [1.82, 2.24) is 15.3 Å². The van der Waals surface area contributed by atoms with Crippen molar-refractivity contribution >= 4 is 22.8 Å². The molecule has 7 nitrogen and oxygen atoms in total. The molecule has 28 heavy (non-hydrogen) atoms. The zero-order valence-corrected chi connectivity index (χ0v) is 16.4. The van der Waals surface area contributed by atoms with Gasteiger partial charge in [-0.3, -0.25) is 4.79 Å². The molecule has 1 aliphatic rings. The highest BCUT2D eigenvalue weighted by atomic mass is 16.5. The summed E-state index contributed by atoms with van der Waals surface area (Å²) in [5.41, 5.74) is 1.86. The molecule has 1 saturated heterocycles. The van der Waals surface area contributed by atoms with Crippen LogP contribution in [0.1, 0.15) is 44.2 Å². The zero-order chi connectivity index (χ0) is 19.8. The molecule has 0 bridgehead atoms. The molecular weight excluding hydrogens is 354 g/mol. The molecule has 0 saturated carbocycles. The van der Waals surface area contributed by atoms with Crippen LogP contribution >= 0.6 is 0 Å². The van der Waals surface area contributed by atoms with Crippen molar-refractivity contribution in [2.75, 3.05) is 37.7 Å². The van der Waals surface area contributed by atoms with E-state index in [0.29, 0.717) is 49.9 Å². The summed E-state index contributed by atoms with van der Waals surface area (Å²) in [6, 6.07) is 9.68. The number of hydrogen-bond donors (Lipinski definition) is 1. The Kier molecular flexibility index (Phi) is 7.15. The van der Waals surface area contributed by atoms with Gasteiger partial charge >= 0.3 is 0 Å². The highest BCUT2D eigenvalue weighted by Crippen LogP contribution is 2.27. The number of ether oxygens (including phenoxy) is 1. The van der Waals surface area contributed by atoms with Gasteiger partial charge in [0.15, 0.2) is 11.7 Å². The highest BCUT2D eigenvalue weighted by Gasteiger charge is 2.29. The number of anilines is 1. The van der Waals surface area contributed by atoms with E-state index in [2.05, 4.69) is 28.2 Å². The summed E-state index contributed by atoms with van der Waals surface area (Å²) in [5, 5.41) is 12.7. The third-order valence-electron chi connectivity index (χ3n) is 4.88. The summed E-state index contributed by atoms with van der Waals surface area (Å²) in [4.78, 5) is 24.2. The van der Waals surface area contributed by atoms with Crippen molar-refractivity contribution < 1.29 is 9.53 Å². The Bertz CT molecular complexity index is 842. The fourth-order valence-electron chi connectivity index (χ4n) is 3.32. The van der Waals surface area contributed by atoms with Gasteiger partial charge in [0.05, 0.1) is 30.3 Å². The van der Waals surface area contributed by atoms with E-state index in [1.807, 2.05) is 24.3 Å². The number of carbonyl (C=O) groups is 1. The lowest BCUT2D eigenvalue weighted by Gasteiger charge is -2.29. The quantitative estimate of drug-likeness (QED) is 0.707. The largest absolute Gasteiger partial charge is 0.378 e. The molecule has 1 aromatic heterocycles. The van der Waals surface area contributed by atoms with E-state index in [-0.39, 0.29) is 5.91 Å². The van der Waals surface area contributed by atoms with Gasteiger partial charge in [-0.15, -0.1) is 0 Å². The van der Waals surface area contributed by atoms with Crippen molar-refractivity contribution in [3.05, 3.63) is 30.0 Å². The number of fused-ring (bicyclic) bond motifs is 1. The van der Waals surface area contributed by atoms with Gasteiger partial charge in [0, 0.05) is 19.6 Å². The Hall–Kier alpha value is -2.72. The second kappa shape index (κ2) is 10.00. The molecule has 3 rings (SSSR count). The number of aromatic nitrogens is 2. The van der Waals surface area contributed by atoms with Crippen LogP contribution in [-0.2, 0) is 9.53 Å². The Balaban J connectivity index is 1.87. The number of unbranched alkanes of at least 4 members (excludes halogenated alkanes) is 3. The monoisotopic (exact) mass is 381 g/mol. The number of nitrogens with zero attached hydrogens (tertiary/aromatic N) is 4. The van der Waals surface area contributed by atoms with Gasteiger partial charge in [-0.1, -0.05) is 38.3 Å². The first-order chi connectivity index (χ1) is 13.7. The molecule has 1 amide bonds. The number of rotatable bonds is 8. The van der Waals surface area contributed by atoms with Crippen LogP contribution in [0.4, 0.5) is 5.82 Å². The first kappa shape index (κ1) is 20.0. The van der Waals surface area contributed by atoms with Gasteiger partial charge in [-0.05, 0) is 18.6 Å². The minimum Gasteiger partial charge on any atom is -0.378 e. The maximum absolute atomic E-state index is 12.7. The van der Waals surface area contributed by atoms with Gasteiger partial charge in [0.1, 0.15) is 5.69 Å². The Morgan fingerprint density at radius 2 is 1.93 bits per heavy atom. The van der Waals surface area contributed by atoms with Crippen LogP contribution in [0.5, 0.6) is 0 Å². The summed E-state index contributed by atoms with van der Waals surface area (Å²) in [6.07, 6.45) is 4.28. The lowest BCUT2D eigenvalue weighted by Crippen LogP contribution is -2.39. The van der Waals surface area contributed by atoms with E-state index < -0.39 is 5.92 Å². The van der Waals surface area contributed by atoms with E-state index in [4.69, 9.17) is 9.72 Å². The van der Waals surface area contributed by atoms with Crippen molar-refractivity contribution in [1.29, 1.82) is 5.26 Å². The number of amides is 1. The lowest BCUT2D eigenvalue weighted by molar-refractivity contribution is -0.121. The predicted molar refractivity (Wildman–Crippen MR) is 108 cm³/mol. The van der Waals surface area contributed by atoms with E-state index in [1.165, 1.54) is 0 Å². The SMILES string of the molecule is CCCCCCNC(=O)[C@@H](C#N)c1nc2ccccc2nc1N1CCOCC1. The molecule has 148 valence electrons. The van der Waals surface area contributed by atoms with E-state index >= 15 is 0 Å². The van der Waals surface area contributed by atoms with Crippen LogP contribution in [0.15, 0.2) is 24.3 Å². The van der Waals surface area contributed by atoms with Crippen molar-refractivity contribution in [3.8, 4) is 6.07 Å². The molecule has 1 atom stereocenters. The summed E-state index contributed by atoms with van der Waals surface area (Å²) >= 11 is 0. The highest BCUT2D eigenvalue weighted by molar-refractivity contribution is 5.88. The molecule has 2 aromatic rings. The number of carbonyl (C=O) groups excluding carboxylic acids is 1. The first-order valence-electron chi connectivity index (χ1n) is 10.0. The minimum absolute atomic E-state index is 0.307. The predicted octanol–water partition coefficient (Wildman–Crippen LogP) is 2.77. The maximum atomic E-state index is 12.7. The number of nitriles is 1. The fraction of sp³-hybridized carbons (Fsp3) is 0.524. The second-order valence-corrected chi connectivity index (χ2v) is 6.93. The van der Waals surface area contributed by atoms with Gasteiger partial charge in [0.25, 0.3) is 0 Å². The van der Waals surface area contributed by atoms with Gasteiger partial charge in [-0.25, -0.2) is 9.97 Å². The van der Waals surface area contributed by atoms with Crippen LogP contribution in [0.3, 0.4) is 0 Å². The minimum atomic E-state index is -0.985. The van der Waals surface area contributed by atoms with Gasteiger partial charge < -0.3 is 15.0 Å². The van der Waals surface area contributed by atoms with Crippen LogP contribution < -0.4 is 10.2 Å². The Morgan fingerprint density at radius 1 is 1.21 bits per heavy atom. The first-order valence-corrected chi connectivity index (χ1v) is 10.0. The molecule has 1 N–H and O–H groups in total. The van der Waals surface area contributed by atoms with E-state index in [9.17, 15) is 10.1 Å². The topological polar surface area (TPSA) is 91.1 Å². The third-order valence-corrected chi connectivity index (χ3v) is 4.88. The molecule has 1 fully saturated rings. The molecule has 0 radical (unpaired) electrons. The summed E-state index contributed by atoms with van der Waals surface area (Å²) in [6.45, 7) is 5.23. The average molecular weight is 381 g/mol. The van der Waals surface area contributed by atoms with Crippen LogP contribution in [-0.4, -0.2) is 48.7 Å². The molecule has 2 heterocycles. The lowest BCUT2D eigenvalue weighted by atomic mass is 10.0. The molecule has 7 heteroatoms. The normalized spacial score (nSPS) is 15.2. The smallest absolute Gasteiger partial charge is 0.243 e. The van der Waals surface area contributed by atoms with Gasteiger partial charge in [-0.2, -0.15) is 5.26 Å². The molecule has 0 aliphatic carbocycles. The molecule has 0 spiro atoms. The molecular formula is C21H27N5O2. The standard InChI is InChI=1S/C21H27N5O2/c1-2-3-4-7-10-23-21(27)16(15-22)19-20(26-11-13-28-14-12-26)25-18-9-6-5-8-17(18)24-19/h5-6,8-9,16H,2-4,7,10-14H2,1H3,(H,23,27)/t16-/m0/s1. The molecule has 0 unspecified atom stereocenters. The molecule has 1 aromatic carbocycles. The van der Waals surface area contributed by atoms with Crippen LogP contribution in [0.2, 0.25) is 0 Å². The maximum Gasteiger partial charge on any atom is 0.243 e. The summed E-state index contributed by atoms with van der Waals surface area (Å²) in [7, 11) is 0. The number of para-hydroxylation sites is 2. The number of hydrogen-bond acceptors (Lipinski definition) is 6. The Labute approximate surface area is 165 Å². The van der Waals surface area contributed by atoms with Crippen molar-refractivity contribution in [2.45, 2.75) is 38.5 Å². The fourth-order valence-corrected chi connectivity index (χ4v) is 3.32.